The van der Waals surface area contributed by atoms with Gasteiger partial charge >= 0.3 is 17.9 Å². The van der Waals surface area contributed by atoms with Crippen LogP contribution in [0.2, 0.25) is 0 Å². The molecule has 200 valence electrons. The monoisotopic (exact) mass is 532 g/mol. The third kappa shape index (κ3) is 7.23. The maximum atomic E-state index is 10.7. The van der Waals surface area contributed by atoms with Gasteiger partial charge in [-0.25, -0.2) is 14.8 Å². The predicted molar refractivity (Wildman–Crippen MR) is 135 cm³/mol. The van der Waals surface area contributed by atoms with E-state index in [4.69, 9.17) is 20.1 Å². The third-order valence-electron chi connectivity index (χ3n) is 5.56. The fraction of sp³-hybridized carbons (Fsp3) is 0.185. The molecule has 39 heavy (non-hydrogen) atoms. The molecule has 3 aromatic heterocycles. The molecule has 12 nitrogen and oxygen atoms in total. The molecular weight excluding hydrogens is 508 g/mol. The van der Waals surface area contributed by atoms with Gasteiger partial charge in [-0.2, -0.15) is 0 Å². The number of hydrogen-bond acceptors (Lipinski definition) is 11. The van der Waals surface area contributed by atoms with E-state index in [0.717, 1.165) is 22.4 Å². The van der Waals surface area contributed by atoms with Gasteiger partial charge in [0.2, 0.25) is 5.88 Å². The summed E-state index contributed by atoms with van der Waals surface area (Å²) in [5, 5.41) is 21.6. The molecule has 1 unspecified atom stereocenters. The van der Waals surface area contributed by atoms with Gasteiger partial charge in [0.05, 0.1) is 24.1 Å². The lowest BCUT2D eigenvalue weighted by atomic mass is 9.98. The number of benzene rings is 1. The number of cyclic esters (lactones) is 2. The maximum absolute atomic E-state index is 10.7. The van der Waals surface area contributed by atoms with E-state index in [-0.39, 0.29) is 0 Å². The number of anilines is 1. The van der Waals surface area contributed by atoms with Crippen molar-refractivity contribution in [3.63, 3.8) is 0 Å². The van der Waals surface area contributed by atoms with Crippen LogP contribution < -0.4 is 10.5 Å². The van der Waals surface area contributed by atoms with Gasteiger partial charge < -0.3 is 29.9 Å². The first kappa shape index (κ1) is 26.9. The van der Waals surface area contributed by atoms with Crippen molar-refractivity contribution in [1.82, 2.24) is 15.1 Å². The molecule has 1 atom stereocenters. The summed E-state index contributed by atoms with van der Waals surface area (Å²) in [5.41, 5.74) is 7.52. The standard InChI is InChI=1S/C21H18N4O2.C6H6O6/c22-21-18(4-3-11-24-21)19-13-17(25-27-19)12-15-6-8-16(9-7-15)14-26-20-5-1-2-10-23-20;7-3(8)1-6(11)2-4(9)12-5(6)10/h1-11,13H,12,14H2,(H2,22,24);11H,1-2H2,(H,7,8). The summed E-state index contributed by atoms with van der Waals surface area (Å²) in [5.74, 6) is -1.78. The van der Waals surface area contributed by atoms with E-state index in [1.165, 1.54) is 0 Å². The first-order valence-corrected chi connectivity index (χ1v) is 11.7. The maximum Gasteiger partial charge on any atom is 0.346 e. The van der Waals surface area contributed by atoms with Gasteiger partial charge in [-0.3, -0.25) is 9.59 Å². The molecule has 4 aromatic rings. The van der Waals surface area contributed by atoms with Crippen LogP contribution in [0.1, 0.15) is 29.7 Å². The number of carboxylic acid groups (broad SMARTS) is 1. The summed E-state index contributed by atoms with van der Waals surface area (Å²) in [6, 6.07) is 19.4. The van der Waals surface area contributed by atoms with E-state index in [1.807, 2.05) is 48.5 Å². The molecule has 0 saturated carbocycles. The van der Waals surface area contributed by atoms with Crippen LogP contribution in [0.25, 0.3) is 11.3 Å². The van der Waals surface area contributed by atoms with Crippen LogP contribution in [0.5, 0.6) is 5.88 Å². The number of ether oxygens (including phenoxy) is 2. The van der Waals surface area contributed by atoms with E-state index in [0.29, 0.717) is 30.5 Å². The van der Waals surface area contributed by atoms with Crippen LogP contribution in [-0.2, 0) is 32.1 Å². The van der Waals surface area contributed by atoms with E-state index < -0.39 is 36.4 Å². The number of rotatable bonds is 8. The number of esters is 2. The average Bonchev–Trinajstić information content (AvgIpc) is 3.47. The fourth-order valence-electron chi connectivity index (χ4n) is 3.63. The summed E-state index contributed by atoms with van der Waals surface area (Å²) < 4.78 is 15.1. The SMILES string of the molecule is Nc1ncccc1-c1cc(Cc2ccc(COc3ccccn3)cc2)no1.O=C(O)CC1(O)CC(=O)OC1=O. The molecule has 0 aliphatic carbocycles. The van der Waals surface area contributed by atoms with Crippen LogP contribution in [0.15, 0.2) is 77.6 Å². The summed E-state index contributed by atoms with van der Waals surface area (Å²) in [4.78, 5) is 39.5. The Hall–Kier alpha value is -5.10. The first-order chi connectivity index (χ1) is 18.7. The molecule has 4 N–H and O–H groups in total. The number of aliphatic hydroxyl groups is 1. The van der Waals surface area contributed by atoms with Crippen molar-refractivity contribution >= 4 is 23.7 Å². The Morgan fingerprint density at radius 3 is 2.41 bits per heavy atom. The minimum absolute atomic E-state index is 0.428. The Morgan fingerprint density at radius 2 is 1.77 bits per heavy atom. The summed E-state index contributed by atoms with van der Waals surface area (Å²) in [6.07, 6.45) is 2.64. The lowest BCUT2D eigenvalue weighted by Crippen LogP contribution is -2.36. The zero-order valence-electron chi connectivity index (χ0n) is 20.5. The number of carbonyl (C=O) groups is 3. The van der Waals surface area contributed by atoms with E-state index in [1.54, 1.807) is 12.4 Å². The van der Waals surface area contributed by atoms with Gasteiger partial charge in [0.15, 0.2) is 11.4 Å². The normalized spacial score (nSPS) is 16.2. The van der Waals surface area contributed by atoms with Gasteiger partial charge in [-0.15, -0.1) is 0 Å². The molecule has 1 aromatic carbocycles. The predicted octanol–water partition coefficient (Wildman–Crippen LogP) is 2.55. The Bertz CT molecular complexity index is 1460. The highest BCUT2D eigenvalue weighted by atomic mass is 16.6. The number of carbonyl (C=O) groups excluding carboxylic acids is 2. The second-order valence-corrected chi connectivity index (χ2v) is 8.61. The first-order valence-electron chi connectivity index (χ1n) is 11.7. The van der Waals surface area contributed by atoms with Crippen LogP contribution in [0, 0.1) is 0 Å². The average molecular weight is 533 g/mol. The number of nitrogens with zero attached hydrogens (tertiary/aromatic N) is 3. The molecule has 0 amide bonds. The number of hydrogen-bond donors (Lipinski definition) is 3. The highest BCUT2D eigenvalue weighted by Crippen LogP contribution is 2.26. The van der Waals surface area contributed by atoms with E-state index >= 15 is 0 Å². The van der Waals surface area contributed by atoms with Gasteiger partial charge in [-0.05, 0) is 29.3 Å². The molecule has 0 radical (unpaired) electrons. The molecule has 5 rings (SSSR count). The molecule has 4 heterocycles. The Morgan fingerprint density at radius 1 is 1.03 bits per heavy atom. The Labute approximate surface area is 222 Å². The van der Waals surface area contributed by atoms with Gasteiger partial charge in [0, 0.05) is 30.9 Å². The lowest BCUT2D eigenvalue weighted by molar-refractivity contribution is -0.162. The van der Waals surface area contributed by atoms with Crippen molar-refractivity contribution in [2.24, 2.45) is 0 Å². The molecule has 1 saturated heterocycles. The van der Waals surface area contributed by atoms with Gasteiger partial charge in [0.1, 0.15) is 12.4 Å². The number of aliphatic carboxylic acids is 1. The highest BCUT2D eigenvalue weighted by Gasteiger charge is 2.49. The molecular formula is C27H24N4O8. The minimum Gasteiger partial charge on any atom is -0.481 e. The van der Waals surface area contributed by atoms with Crippen molar-refractivity contribution in [3.8, 4) is 17.2 Å². The molecule has 1 aliphatic heterocycles. The molecule has 1 fully saturated rings. The number of aromatic nitrogens is 3. The molecule has 0 spiro atoms. The largest absolute Gasteiger partial charge is 0.481 e. The zero-order valence-corrected chi connectivity index (χ0v) is 20.5. The number of carboxylic acids is 1. The number of nitrogens with two attached hydrogens (primary N) is 1. The van der Waals surface area contributed by atoms with Crippen LogP contribution in [0.3, 0.4) is 0 Å². The molecule has 12 heteroatoms. The molecule has 1 aliphatic rings. The zero-order chi connectivity index (χ0) is 27.8. The second kappa shape index (κ2) is 12.0. The smallest absolute Gasteiger partial charge is 0.346 e. The minimum atomic E-state index is -2.16. The Balaban J connectivity index is 0.000000247. The van der Waals surface area contributed by atoms with Crippen molar-refractivity contribution in [2.45, 2.75) is 31.5 Å². The van der Waals surface area contributed by atoms with Crippen LogP contribution in [0.4, 0.5) is 5.82 Å². The molecule has 0 bridgehead atoms. The van der Waals surface area contributed by atoms with Crippen molar-refractivity contribution in [3.05, 3.63) is 89.9 Å². The lowest BCUT2D eigenvalue weighted by Gasteiger charge is -2.12. The van der Waals surface area contributed by atoms with E-state index in [9.17, 15) is 19.5 Å². The quantitative estimate of drug-likeness (QED) is 0.222. The van der Waals surface area contributed by atoms with E-state index in [2.05, 4.69) is 32.0 Å². The Kier molecular flexibility index (Phi) is 8.27. The summed E-state index contributed by atoms with van der Waals surface area (Å²) in [6.45, 7) is 0.478. The van der Waals surface area contributed by atoms with Gasteiger partial charge in [-0.1, -0.05) is 35.5 Å². The van der Waals surface area contributed by atoms with Crippen LogP contribution >= 0.6 is 0 Å². The second-order valence-electron chi connectivity index (χ2n) is 8.61. The summed E-state index contributed by atoms with van der Waals surface area (Å²) >= 11 is 0. The van der Waals surface area contributed by atoms with Crippen LogP contribution in [-0.4, -0.2) is 48.8 Å². The van der Waals surface area contributed by atoms with Crippen molar-refractivity contribution < 1.29 is 38.6 Å². The van der Waals surface area contributed by atoms with Crippen molar-refractivity contribution in [2.75, 3.05) is 5.73 Å². The summed E-state index contributed by atoms with van der Waals surface area (Å²) in [7, 11) is 0. The highest BCUT2D eigenvalue weighted by molar-refractivity contribution is 6.01. The topological polar surface area (TPSA) is 188 Å². The van der Waals surface area contributed by atoms with Gasteiger partial charge in [0.25, 0.3) is 0 Å². The number of nitrogen functional groups attached to an aromatic ring is 1. The fourth-order valence-corrected chi connectivity index (χ4v) is 3.63. The number of pyridine rings is 2. The third-order valence-corrected chi connectivity index (χ3v) is 5.56. The van der Waals surface area contributed by atoms with Crippen molar-refractivity contribution in [1.29, 1.82) is 0 Å².